The Labute approximate surface area is 234 Å². The number of alkyl halides is 1. The molecule has 2 aromatic carbocycles. The zero-order chi connectivity index (χ0) is 27.7. The lowest BCUT2D eigenvalue weighted by Crippen LogP contribution is -2.37. The third-order valence-electron chi connectivity index (χ3n) is 6.67. The molecule has 4 aromatic rings. The van der Waals surface area contributed by atoms with E-state index in [0.717, 1.165) is 45.8 Å². The van der Waals surface area contributed by atoms with Crippen LogP contribution in [0.3, 0.4) is 0 Å². The van der Waals surface area contributed by atoms with Crippen LogP contribution in [-0.2, 0) is 11.3 Å². The lowest BCUT2D eigenvalue weighted by Gasteiger charge is -2.29. The molecule has 0 unspecified atom stereocenters. The minimum Gasteiger partial charge on any atom is -0.493 e. The highest BCUT2D eigenvalue weighted by atomic mass is 79.9. The van der Waals surface area contributed by atoms with Gasteiger partial charge in [0.1, 0.15) is 28.9 Å². The Morgan fingerprint density at radius 2 is 1.95 bits per heavy atom. The number of imidazole rings is 1. The maximum Gasteiger partial charge on any atom is 0.410 e. The number of ether oxygens (including phenoxy) is 2. The zero-order valence-electron chi connectivity index (χ0n) is 22.2. The van der Waals surface area contributed by atoms with Crippen molar-refractivity contribution in [2.45, 2.75) is 64.4 Å². The number of unbranched alkanes of at least 4 members (excludes halogenated alkanes) is 1. The van der Waals surface area contributed by atoms with E-state index in [-0.39, 0.29) is 13.0 Å². The summed E-state index contributed by atoms with van der Waals surface area (Å²) in [5, 5.41) is 1.03. The van der Waals surface area contributed by atoms with Crippen LogP contribution in [-0.4, -0.2) is 50.5 Å². The molecule has 1 aliphatic heterocycles. The number of likely N-dealkylation sites (tertiary alicyclic amines) is 1. The van der Waals surface area contributed by atoms with Gasteiger partial charge in [0.25, 0.3) is 0 Å². The molecular weight excluding hydrogens is 570 g/mol. The van der Waals surface area contributed by atoms with Crippen LogP contribution in [0, 0.1) is 5.82 Å². The Bertz CT molecular complexity index is 1500. The smallest absolute Gasteiger partial charge is 0.410 e. The van der Waals surface area contributed by atoms with E-state index in [1.807, 2.05) is 24.5 Å². The second-order valence-electron chi connectivity index (χ2n) is 10.8. The molecule has 0 aliphatic carbocycles. The summed E-state index contributed by atoms with van der Waals surface area (Å²) in [5.41, 5.74) is 2.50. The highest BCUT2D eigenvalue weighted by molar-refractivity contribution is 9.10. The van der Waals surface area contributed by atoms with Crippen molar-refractivity contribution in [2.75, 3.05) is 13.2 Å². The van der Waals surface area contributed by atoms with Crippen LogP contribution < -0.4 is 4.74 Å². The van der Waals surface area contributed by atoms with Crippen molar-refractivity contribution in [1.29, 1.82) is 0 Å². The molecule has 0 saturated carbocycles. The van der Waals surface area contributed by atoms with Crippen LogP contribution in [0.15, 0.2) is 53.4 Å². The summed E-state index contributed by atoms with van der Waals surface area (Å²) in [6.45, 7) is 6.28. The van der Waals surface area contributed by atoms with Crippen LogP contribution in [0.2, 0.25) is 0 Å². The second-order valence-corrected chi connectivity index (χ2v) is 11.7. The van der Waals surface area contributed by atoms with Gasteiger partial charge in [-0.2, -0.15) is 0 Å². The number of aryl methyl sites for hydroxylation is 1. The molecule has 1 fully saturated rings. The van der Waals surface area contributed by atoms with Gasteiger partial charge < -0.3 is 14.0 Å². The average Bonchev–Trinajstić information content (AvgIpc) is 3.47. The van der Waals surface area contributed by atoms with E-state index in [1.54, 1.807) is 33.0 Å². The van der Waals surface area contributed by atoms with Gasteiger partial charge in [-0.1, -0.05) is 15.9 Å². The summed E-state index contributed by atoms with van der Waals surface area (Å²) in [7, 11) is 0. The summed E-state index contributed by atoms with van der Waals surface area (Å²) in [6, 6.07) is 9.51. The Hall–Kier alpha value is -3.27. The quantitative estimate of drug-likeness (QED) is 0.207. The van der Waals surface area contributed by atoms with Gasteiger partial charge in [0, 0.05) is 28.4 Å². The molecule has 2 aromatic heterocycles. The standard InChI is InChI=1S/C29H31BrF2N4O3/c1-29(2,3)39-28(37)36-16-20(32)14-25(36)22-13-19(31)7-9-26(22)38-11-5-4-10-35-17-34-24-15-33-23-8-6-18(30)12-21(23)27(24)35/h6-9,12-13,15,17,20,25H,4-5,10-11,14,16H2,1-3H3/t20-,25+/m0/s1. The van der Waals surface area contributed by atoms with Crippen molar-refractivity contribution in [3.8, 4) is 5.75 Å². The number of hydrogen-bond acceptors (Lipinski definition) is 5. The predicted molar refractivity (Wildman–Crippen MR) is 149 cm³/mol. The fourth-order valence-corrected chi connectivity index (χ4v) is 5.34. The molecule has 39 heavy (non-hydrogen) atoms. The number of fused-ring (bicyclic) bond motifs is 3. The number of carbonyl (C=O) groups is 1. The molecule has 1 amide bonds. The van der Waals surface area contributed by atoms with E-state index in [0.29, 0.717) is 17.9 Å². The van der Waals surface area contributed by atoms with Gasteiger partial charge in [-0.25, -0.2) is 18.6 Å². The number of aromatic nitrogens is 3. The van der Waals surface area contributed by atoms with Gasteiger partial charge in [-0.3, -0.25) is 9.88 Å². The maximum atomic E-state index is 14.5. The van der Waals surface area contributed by atoms with Gasteiger partial charge in [-0.05, 0) is 70.0 Å². The first-order chi connectivity index (χ1) is 18.6. The van der Waals surface area contributed by atoms with Crippen molar-refractivity contribution in [3.63, 3.8) is 0 Å². The van der Waals surface area contributed by atoms with Gasteiger partial charge in [-0.15, -0.1) is 0 Å². The van der Waals surface area contributed by atoms with Crippen molar-refractivity contribution < 1.29 is 23.0 Å². The largest absolute Gasteiger partial charge is 0.493 e. The normalized spacial score (nSPS) is 17.7. The van der Waals surface area contributed by atoms with E-state index < -0.39 is 29.7 Å². The molecule has 0 radical (unpaired) electrons. The van der Waals surface area contributed by atoms with E-state index in [1.165, 1.54) is 17.0 Å². The molecule has 206 valence electrons. The number of halogens is 3. The Morgan fingerprint density at radius 3 is 2.74 bits per heavy atom. The third-order valence-corrected chi connectivity index (χ3v) is 7.16. The Morgan fingerprint density at radius 1 is 1.13 bits per heavy atom. The fraction of sp³-hybridized carbons (Fsp3) is 0.414. The molecule has 10 heteroatoms. The number of hydrogen-bond donors (Lipinski definition) is 0. The number of carbonyl (C=O) groups excluding carboxylic acids is 1. The van der Waals surface area contributed by atoms with Crippen molar-refractivity contribution in [2.24, 2.45) is 0 Å². The van der Waals surface area contributed by atoms with Crippen LogP contribution in [0.4, 0.5) is 13.6 Å². The van der Waals surface area contributed by atoms with Crippen LogP contribution in [0.5, 0.6) is 5.75 Å². The summed E-state index contributed by atoms with van der Waals surface area (Å²) < 4.78 is 43.3. The first-order valence-electron chi connectivity index (χ1n) is 13.0. The van der Waals surface area contributed by atoms with Crippen LogP contribution in [0.1, 0.15) is 51.6 Å². The van der Waals surface area contributed by atoms with Gasteiger partial charge in [0.05, 0.1) is 42.8 Å². The number of rotatable bonds is 7. The summed E-state index contributed by atoms with van der Waals surface area (Å²) in [4.78, 5) is 23.1. The maximum absolute atomic E-state index is 14.5. The minimum absolute atomic E-state index is 0.0612. The number of nitrogens with zero attached hydrogens (tertiary/aromatic N) is 4. The molecule has 1 aliphatic rings. The molecule has 1 saturated heterocycles. The average molecular weight is 601 g/mol. The first kappa shape index (κ1) is 27.3. The summed E-state index contributed by atoms with van der Waals surface area (Å²) in [5.74, 6) is -0.0248. The zero-order valence-corrected chi connectivity index (χ0v) is 23.7. The molecule has 5 rings (SSSR count). The van der Waals surface area contributed by atoms with Gasteiger partial charge in [0.15, 0.2) is 0 Å². The topological polar surface area (TPSA) is 69.5 Å². The SMILES string of the molecule is CC(C)(C)OC(=O)N1C[C@@H](F)C[C@@H]1c1cc(F)ccc1OCCCCn1cnc2cnc3ccc(Br)cc3c21. The van der Waals surface area contributed by atoms with Gasteiger partial charge in [0.2, 0.25) is 0 Å². The molecule has 0 bridgehead atoms. The fourth-order valence-electron chi connectivity index (χ4n) is 4.98. The van der Waals surface area contributed by atoms with E-state index in [4.69, 9.17) is 9.47 Å². The van der Waals surface area contributed by atoms with E-state index >= 15 is 0 Å². The minimum atomic E-state index is -1.23. The van der Waals surface area contributed by atoms with Crippen LogP contribution >= 0.6 is 15.9 Å². The van der Waals surface area contributed by atoms with Crippen molar-refractivity contribution in [3.05, 3.63) is 64.8 Å². The molecular formula is C29H31BrF2N4O3. The highest BCUT2D eigenvalue weighted by Crippen LogP contribution is 2.39. The predicted octanol–water partition coefficient (Wildman–Crippen LogP) is 7.37. The van der Waals surface area contributed by atoms with Crippen molar-refractivity contribution >= 4 is 44.0 Å². The van der Waals surface area contributed by atoms with E-state index in [9.17, 15) is 13.6 Å². The highest BCUT2D eigenvalue weighted by Gasteiger charge is 2.40. The number of benzene rings is 2. The Balaban J connectivity index is 1.25. The lowest BCUT2D eigenvalue weighted by atomic mass is 10.0. The van der Waals surface area contributed by atoms with Crippen molar-refractivity contribution in [1.82, 2.24) is 19.4 Å². The third kappa shape index (κ3) is 6.16. The number of pyridine rings is 1. The molecule has 0 N–H and O–H groups in total. The summed E-state index contributed by atoms with van der Waals surface area (Å²) in [6.07, 6.45) is 3.37. The molecule has 2 atom stereocenters. The Kier molecular flexibility index (Phi) is 7.75. The number of amides is 1. The second kappa shape index (κ2) is 11.1. The lowest BCUT2D eigenvalue weighted by molar-refractivity contribution is 0.0214. The van der Waals surface area contributed by atoms with Crippen LogP contribution in [0.25, 0.3) is 21.9 Å². The van der Waals surface area contributed by atoms with E-state index in [2.05, 4.69) is 30.5 Å². The van der Waals surface area contributed by atoms with Gasteiger partial charge >= 0.3 is 6.09 Å². The summed E-state index contributed by atoms with van der Waals surface area (Å²) >= 11 is 3.54. The molecule has 0 spiro atoms. The molecule has 7 nitrogen and oxygen atoms in total. The molecule has 3 heterocycles. The monoisotopic (exact) mass is 600 g/mol. The first-order valence-corrected chi connectivity index (χ1v) is 13.8.